The smallest absolute Gasteiger partial charge is 0.252 e. The Morgan fingerprint density at radius 1 is 1.31 bits per heavy atom. The van der Waals surface area contributed by atoms with Gasteiger partial charge in [-0.2, -0.15) is 0 Å². The maximum atomic E-state index is 17.1. The number of ketones is 1. The number of alkyl halides is 1. The summed E-state index contributed by atoms with van der Waals surface area (Å²) >= 11 is 0. The van der Waals surface area contributed by atoms with Crippen molar-refractivity contribution in [2.24, 2.45) is 34.3 Å². The molecule has 7 heteroatoms. The molecule has 4 aliphatic rings. The van der Waals surface area contributed by atoms with Gasteiger partial charge in [0, 0.05) is 23.3 Å². The molecule has 0 aromatic heterocycles. The fraction of sp³-hybridized carbons (Fsp3) is 0.760. The fourth-order valence-corrected chi connectivity index (χ4v) is 7.64. The van der Waals surface area contributed by atoms with E-state index in [2.05, 4.69) is 5.32 Å². The van der Waals surface area contributed by atoms with Gasteiger partial charge in [-0.3, -0.25) is 9.59 Å². The highest BCUT2D eigenvalue weighted by Crippen LogP contribution is 2.70. The molecule has 0 bridgehead atoms. The van der Waals surface area contributed by atoms with E-state index < -0.39 is 40.0 Å². The SMILES string of the molecule is C[C@@H]1C[C@H]2[C@@H]3CCC4=CC(=O)C=C[C@]4(C)[C@@]3(F)[C@@H](O)C[C@]2(C)[C@@]1(O)C(=O)NCCCCN. The van der Waals surface area contributed by atoms with Crippen LogP contribution in [-0.2, 0) is 9.59 Å². The Hall–Kier alpha value is -1.57. The second-order valence-corrected chi connectivity index (χ2v) is 10.9. The second kappa shape index (κ2) is 7.74. The third-order valence-electron chi connectivity index (χ3n) is 9.49. The summed E-state index contributed by atoms with van der Waals surface area (Å²) in [5, 5.41) is 26.0. The van der Waals surface area contributed by atoms with Gasteiger partial charge in [-0.25, -0.2) is 4.39 Å². The number of fused-ring (bicyclic) bond motifs is 5. The molecule has 0 spiro atoms. The third-order valence-corrected chi connectivity index (χ3v) is 9.49. The van der Waals surface area contributed by atoms with Crippen molar-refractivity contribution in [3.63, 3.8) is 0 Å². The van der Waals surface area contributed by atoms with Gasteiger partial charge >= 0.3 is 0 Å². The quantitative estimate of drug-likeness (QED) is 0.482. The van der Waals surface area contributed by atoms with Crippen molar-refractivity contribution in [3.8, 4) is 0 Å². The number of carbonyl (C=O) groups excluding carboxylic acids is 2. The highest BCUT2D eigenvalue weighted by Gasteiger charge is 2.75. The molecule has 0 unspecified atom stereocenters. The minimum atomic E-state index is -1.96. The summed E-state index contributed by atoms with van der Waals surface area (Å²) in [5.41, 5.74) is 0.595. The van der Waals surface area contributed by atoms with Gasteiger partial charge in [0.1, 0.15) is 0 Å². The lowest BCUT2D eigenvalue weighted by Crippen LogP contribution is -2.70. The number of hydrogen-bond donors (Lipinski definition) is 4. The van der Waals surface area contributed by atoms with Crippen LogP contribution in [0.3, 0.4) is 0 Å². The molecule has 5 N–H and O–H groups in total. The maximum absolute atomic E-state index is 17.1. The molecule has 1 amide bonds. The Bertz CT molecular complexity index is 874. The lowest BCUT2D eigenvalue weighted by molar-refractivity contribution is -0.219. The number of nitrogens with two attached hydrogens (primary N) is 1. The number of amides is 1. The summed E-state index contributed by atoms with van der Waals surface area (Å²) in [6.07, 6.45) is 6.25. The van der Waals surface area contributed by atoms with E-state index in [9.17, 15) is 19.8 Å². The van der Waals surface area contributed by atoms with Crippen LogP contribution in [0.15, 0.2) is 23.8 Å². The topological polar surface area (TPSA) is 113 Å². The van der Waals surface area contributed by atoms with Gasteiger partial charge in [0.25, 0.3) is 5.91 Å². The van der Waals surface area contributed by atoms with Crippen LogP contribution in [0.25, 0.3) is 0 Å². The molecule has 6 nitrogen and oxygen atoms in total. The van der Waals surface area contributed by atoms with Crippen molar-refractivity contribution < 1.29 is 24.2 Å². The van der Waals surface area contributed by atoms with Crippen LogP contribution < -0.4 is 11.1 Å². The molecule has 0 aromatic carbocycles. The summed E-state index contributed by atoms with van der Waals surface area (Å²) in [4.78, 5) is 25.2. The van der Waals surface area contributed by atoms with Crippen LogP contribution in [0.4, 0.5) is 4.39 Å². The number of aliphatic hydroxyl groups excluding tert-OH is 1. The predicted molar refractivity (Wildman–Crippen MR) is 119 cm³/mol. The summed E-state index contributed by atoms with van der Waals surface area (Å²) in [6, 6.07) is 0. The number of aliphatic hydroxyl groups is 2. The van der Waals surface area contributed by atoms with Gasteiger partial charge in [0.05, 0.1) is 6.10 Å². The standard InChI is InChI=1S/C25H37FN2O4/c1-15-12-19-18-7-6-16-13-17(29)8-9-22(16,2)24(18,26)20(30)14-23(19,3)25(15,32)21(31)28-11-5-4-10-27/h8-9,13,15,18-20,30,32H,4-7,10-12,14,27H2,1-3H3,(H,28,31)/t15-,18+,19+,20+,22+,23+,24+,25+/m1/s1. The van der Waals surface area contributed by atoms with E-state index in [4.69, 9.17) is 5.73 Å². The molecule has 0 aromatic rings. The van der Waals surface area contributed by atoms with Crippen LogP contribution in [0, 0.1) is 28.6 Å². The highest BCUT2D eigenvalue weighted by molar-refractivity contribution is 6.01. The van der Waals surface area contributed by atoms with Crippen LogP contribution >= 0.6 is 0 Å². The summed E-state index contributed by atoms with van der Waals surface area (Å²) in [7, 11) is 0. The van der Waals surface area contributed by atoms with Crippen molar-refractivity contribution in [1.29, 1.82) is 0 Å². The number of allylic oxidation sites excluding steroid dienone is 4. The summed E-state index contributed by atoms with van der Waals surface area (Å²) < 4.78 is 17.1. The first kappa shape index (κ1) is 23.6. The first-order chi connectivity index (χ1) is 15.0. The van der Waals surface area contributed by atoms with Crippen LogP contribution in [0.2, 0.25) is 0 Å². The van der Waals surface area contributed by atoms with Gasteiger partial charge in [0.15, 0.2) is 17.1 Å². The molecule has 3 saturated carbocycles. The Morgan fingerprint density at radius 2 is 2.03 bits per heavy atom. The van der Waals surface area contributed by atoms with Crippen molar-refractivity contribution in [2.75, 3.05) is 13.1 Å². The normalized spacial score (nSPS) is 47.3. The molecular weight excluding hydrogens is 411 g/mol. The summed E-state index contributed by atoms with van der Waals surface area (Å²) in [5.74, 6) is -1.72. The highest BCUT2D eigenvalue weighted by atomic mass is 19.1. The van der Waals surface area contributed by atoms with Gasteiger partial charge in [-0.15, -0.1) is 0 Å². The van der Waals surface area contributed by atoms with Crippen LogP contribution in [0.5, 0.6) is 0 Å². The number of rotatable bonds is 5. The molecule has 0 aliphatic heterocycles. The lowest BCUT2D eigenvalue weighted by atomic mass is 9.44. The summed E-state index contributed by atoms with van der Waals surface area (Å²) in [6.45, 7) is 6.43. The molecule has 4 rings (SSSR count). The van der Waals surface area contributed by atoms with E-state index in [0.717, 1.165) is 18.4 Å². The fourth-order valence-electron chi connectivity index (χ4n) is 7.64. The molecule has 0 radical (unpaired) electrons. The van der Waals surface area contributed by atoms with Crippen molar-refractivity contribution in [3.05, 3.63) is 23.8 Å². The predicted octanol–water partition coefficient (Wildman–Crippen LogP) is 2.19. The van der Waals surface area contributed by atoms with E-state index in [0.29, 0.717) is 32.4 Å². The Labute approximate surface area is 189 Å². The molecule has 32 heavy (non-hydrogen) atoms. The Morgan fingerprint density at radius 3 is 2.72 bits per heavy atom. The average Bonchev–Trinajstić information content (AvgIpc) is 2.94. The van der Waals surface area contributed by atoms with E-state index in [1.165, 1.54) is 12.2 Å². The van der Waals surface area contributed by atoms with E-state index in [-0.39, 0.29) is 24.0 Å². The number of unbranched alkanes of at least 4 members (excludes halogenated alkanes) is 1. The van der Waals surface area contributed by atoms with Gasteiger partial charge in [-0.05, 0) is 76.0 Å². The molecule has 3 fully saturated rings. The van der Waals surface area contributed by atoms with Crippen LogP contribution in [-0.4, -0.2) is 52.4 Å². The molecule has 178 valence electrons. The first-order valence-corrected chi connectivity index (χ1v) is 12.0. The number of carbonyl (C=O) groups is 2. The number of halogens is 1. The largest absolute Gasteiger partial charge is 0.390 e. The van der Waals surface area contributed by atoms with Crippen molar-refractivity contribution >= 4 is 11.7 Å². The van der Waals surface area contributed by atoms with E-state index >= 15 is 4.39 Å². The molecule has 4 aliphatic carbocycles. The molecule has 8 atom stereocenters. The van der Waals surface area contributed by atoms with Crippen molar-refractivity contribution in [2.45, 2.75) is 76.7 Å². The maximum Gasteiger partial charge on any atom is 0.252 e. The van der Waals surface area contributed by atoms with Crippen LogP contribution in [0.1, 0.15) is 59.3 Å². The molecule has 0 saturated heterocycles. The van der Waals surface area contributed by atoms with Gasteiger partial charge in [0.2, 0.25) is 0 Å². The first-order valence-electron chi connectivity index (χ1n) is 12.0. The average molecular weight is 449 g/mol. The monoisotopic (exact) mass is 448 g/mol. The second-order valence-electron chi connectivity index (χ2n) is 10.9. The Balaban J connectivity index is 1.69. The minimum Gasteiger partial charge on any atom is -0.390 e. The van der Waals surface area contributed by atoms with Gasteiger partial charge < -0.3 is 21.3 Å². The minimum absolute atomic E-state index is 0.00756. The zero-order valence-electron chi connectivity index (χ0n) is 19.4. The Kier molecular flexibility index (Phi) is 5.71. The van der Waals surface area contributed by atoms with Crippen molar-refractivity contribution in [1.82, 2.24) is 5.32 Å². The van der Waals surface area contributed by atoms with Gasteiger partial charge in [-0.1, -0.05) is 25.5 Å². The zero-order chi connectivity index (χ0) is 23.5. The zero-order valence-corrected chi connectivity index (χ0v) is 19.4. The number of hydrogen-bond acceptors (Lipinski definition) is 5. The third kappa shape index (κ3) is 2.86. The molecular formula is C25H37FN2O4. The lowest BCUT2D eigenvalue weighted by Gasteiger charge is -2.62. The van der Waals surface area contributed by atoms with E-state index in [1.54, 1.807) is 13.0 Å². The number of nitrogens with one attached hydrogen (secondary N) is 1. The van der Waals surface area contributed by atoms with E-state index in [1.807, 2.05) is 13.8 Å². The molecule has 0 heterocycles.